The fourth-order valence-electron chi connectivity index (χ4n) is 2.57. The highest BCUT2D eigenvalue weighted by Gasteiger charge is 2.07. The zero-order chi connectivity index (χ0) is 15.6. The summed E-state index contributed by atoms with van der Waals surface area (Å²) in [5.41, 5.74) is 4.06. The minimum absolute atomic E-state index is 0.485. The van der Waals surface area contributed by atoms with Crippen molar-refractivity contribution in [1.82, 2.24) is 15.0 Å². The summed E-state index contributed by atoms with van der Waals surface area (Å²) in [6, 6.07) is 19.9. The summed E-state index contributed by atoms with van der Waals surface area (Å²) >= 11 is 0. The summed E-state index contributed by atoms with van der Waals surface area (Å²) in [5, 5.41) is 10.5. The number of allylic oxidation sites excluding steroid dienone is 1. The Morgan fingerprint density at radius 2 is 1.83 bits per heavy atom. The molecule has 108 valence electrons. The van der Waals surface area contributed by atoms with Crippen LogP contribution >= 0.6 is 0 Å². The van der Waals surface area contributed by atoms with E-state index in [1.54, 1.807) is 12.3 Å². The molecule has 0 aliphatic carbocycles. The minimum Gasteiger partial charge on any atom is -0.337 e. The van der Waals surface area contributed by atoms with E-state index in [-0.39, 0.29) is 0 Å². The largest absolute Gasteiger partial charge is 0.337 e. The number of nitrogens with one attached hydrogen (secondary N) is 1. The van der Waals surface area contributed by atoms with Crippen LogP contribution in [0.2, 0.25) is 0 Å². The number of H-pyrrole nitrogens is 1. The number of benzene rings is 2. The van der Waals surface area contributed by atoms with Crippen LogP contribution in [-0.2, 0) is 0 Å². The molecular weight excluding hydrogens is 284 g/mol. The molecule has 0 spiro atoms. The van der Waals surface area contributed by atoms with E-state index in [1.165, 1.54) is 0 Å². The first-order valence-electron chi connectivity index (χ1n) is 7.25. The maximum atomic E-state index is 9.48. The number of pyridine rings is 1. The van der Waals surface area contributed by atoms with E-state index in [0.717, 1.165) is 27.5 Å². The Kier molecular flexibility index (Phi) is 3.10. The van der Waals surface area contributed by atoms with Crippen molar-refractivity contribution in [2.75, 3.05) is 0 Å². The second kappa shape index (κ2) is 5.39. The summed E-state index contributed by atoms with van der Waals surface area (Å²) in [5.74, 6) is 0.571. The lowest BCUT2D eigenvalue weighted by atomic mass is 10.1. The standard InChI is InChI=1S/C19H12N4/c20-11-15(19-22-17-7-3-4-8-18(17)23-19)10-13-9-14-5-1-2-6-16(14)21-12-13/h1-10,12H,(H,22,23)/b15-10+. The monoisotopic (exact) mass is 296 g/mol. The number of fused-ring (bicyclic) bond motifs is 2. The number of hydrogen-bond donors (Lipinski definition) is 1. The van der Waals surface area contributed by atoms with Crippen LogP contribution in [0.4, 0.5) is 0 Å². The first kappa shape index (κ1) is 13.2. The Morgan fingerprint density at radius 3 is 2.65 bits per heavy atom. The van der Waals surface area contributed by atoms with Gasteiger partial charge in [-0.2, -0.15) is 5.26 Å². The number of para-hydroxylation sites is 3. The quantitative estimate of drug-likeness (QED) is 0.564. The number of imidazole rings is 1. The van der Waals surface area contributed by atoms with E-state index >= 15 is 0 Å². The molecule has 4 nitrogen and oxygen atoms in total. The molecule has 1 N–H and O–H groups in total. The number of aromatic nitrogens is 3. The molecule has 0 aliphatic heterocycles. The van der Waals surface area contributed by atoms with E-state index in [4.69, 9.17) is 0 Å². The third-order valence-corrected chi connectivity index (χ3v) is 3.69. The summed E-state index contributed by atoms with van der Waals surface area (Å²) in [6.45, 7) is 0. The van der Waals surface area contributed by atoms with Gasteiger partial charge in [0.2, 0.25) is 0 Å². The molecule has 0 atom stereocenters. The maximum Gasteiger partial charge on any atom is 0.149 e. The molecule has 0 radical (unpaired) electrons. The van der Waals surface area contributed by atoms with Crippen LogP contribution in [0.1, 0.15) is 11.4 Å². The van der Waals surface area contributed by atoms with Crippen molar-refractivity contribution in [2.24, 2.45) is 0 Å². The summed E-state index contributed by atoms with van der Waals surface area (Å²) in [4.78, 5) is 12.1. The van der Waals surface area contributed by atoms with Crippen LogP contribution in [0.25, 0.3) is 33.6 Å². The van der Waals surface area contributed by atoms with Crippen LogP contribution in [-0.4, -0.2) is 15.0 Å². The molecule has 2 aromatic heterocycles. The van der Waals surface area contributed by atoms with Gasteiger partial charge in [0.25, 0.3) is 0 Å². The highest BCUT2D eigenvalue weighted by Crippen LogP contribution is 2.20. The van der Waals surface area contributed by atoms with Crippen molar-refractivity contribution in [3.05, 3.63) is 72.2 Å². The van der Waals surface area contributed by atoms with E-state index in [1.807, 2.05) is 54.6 Å². The van der Waals surface area contributed by atoms with E-state index in [2.05, 4.69) is 21.0 Å². The van der Waals surface area contributed by atoms with Crippen molar-refractivity contribution in [3.63, 3.8) is 0 Å². The molecule has 0 bridgehead atoms. The summed E-state index contributed by atoms with van der Waals surface area (Å²) in [7, 11) is 0. The van der Waals surface area contributed by atoms with Gasteiger partial charge in [0, 0.05) is 11.6 Å². The molecule has 4 aromatic rings. The Labute approximate surface area is 132 Å². The van der Waals surface area contributed by atoms with E-state index in [9.17, 15) is 5.26 Å². The number of rotatable bonds is 2. The van der Waals surface area contributed by atoms with Crippen molar-refractivity contribution in [2.45, 2.75) is 0 Å². The molecule has 2 aromatic carbocycles. The van der Waals surface area contributed by atoms with Gasteiger partial charge in [-0.15, -0.1) is 0 Å². The Balaban J connectivity index is 1.81. The first-order valence-corrected chi connectivity index (χ1v) is 7.25. The van der Waals surface area contributed by atoms with Crippen LogP contribution in [0.15, 0.2) is 60.8 Å². The van der Waals surface area contributed by atoms with Crippen LogP contribution in [0.5, 0.6) is 0 Å². The molecular formula is C19H12N4. The fraction of sp³-hybridized carbons (Fsp3) is 0. The highest BCUT2D eigenvalue weighted by molar-refractivity contribution is 5.91. The Hall–Kier alpha value is -3.45. The van der Waals surface area contributed by atoms with Crippen molar-refractivity contribution >= 4 is 33.6 Å². The number of aromatic amines is 1. The van der Waals surface area contributed by atoms with Gasteiger partial charge in [0.15, 0.2) is 0 Å². The van der Waals surface area contributed by atoms with Gasteiger partial charge in [-0.05, 0) is 35.9 Å². The molecule has 23 heavy (non-hydrogen) atoms. The normalized spacial score (nSPS) is 11.7. The number of nitrogens with zero attached hydrogens (tertiary/aromatic N) is 3. The van der Waals surface area contributed by atoms with Crippen molar-refractivity contribution < 1.29 is 0 Å². The summed E-state index contributed by atoms with van der Waals surface area (Å²) in [6.07, 6.45) is 3.57. The van der Waals surface area contributed by atoms with Gasteiger partial charge in [0.05, 0.1) is 22.1 Å². The molecule has 0 aliphatic rings. The predicted octanol–water partition coefficient (Wildman–Crippen LogP) is 4.18. The fourth-order valence-corrected chi connectivity index (χ4v) is 2.57. The molecule has 2 heterocycles. The van der Waals surface area contributed by atoms with Gasteiger partial charge in [-0.1, -0.05) is 30.3 Å². The lowest BCUT2D eigenvalue weighted by Crippen LogP contribution is -1.86. The average Bonchev–Trinajstić information content (AvgIpc) is 3.03. The van der Waals surface area contributed by atoms with Crippen LogP contribution < -0.4 is 0 Å². The second-order valence-electron chi connectivity index (χ2n) is 5.23. The Bertz CT molecular complexity index is 1050. The van der Waals surface area contributed by atoms with Gasteiger partial charge < -0.3 is 4.98 Å². The topological polar surface area (TPSA) is 65.4 Å². The third kappa shape index (κ3) is 2.45. The average molecular weight is 296 g/mol. The molecule has 0 fully saturated rings. The van der Waals surface area contributed by atoms with E-state index < -0.39 is 0 Å². The lowest BCUT2D eigenvalue weighted by Gasteiger charge is -1.99. The molecule has 0 amide bonds. The predicted molar refractivity (Wildman–Crippen MR) is 91.3 cm³/mol. The van der Waals surface area contributed by atoms with E-state index in [0.29, 0.717) is 11.4 Å². The molecule has 0 saturated heterocycles. The second-order valence-corrected chi connectivity index (χ2v) is 5.23. The van der Waals surface area contributed by atoms with Gasteiger partial charge in [0.1, 0.15) is 11.9 Å². The summed E-state index contributed by atoms with van der Waals surface area (Å²) < 4.78 is 0. The molecule has 0 saturated carbocycles. The first-order chi connectivity index (χ1) is 11.3. The van der Waals surface area contributed by atoms with Gasteiger partial charge >= 0.3 is 0 Å². The van der Waals surface area contributed by atoms with Crippen molar-refractivity contribution in [1.29, 1.82) is 5.26 Å². The highest BCUT2D eigenvalue weighted by atomic mass is 14.9. The molecule has 0 unspecified atom stereocenters. The number of nitriles is 1. The molecule has 4 heteroatoms. The smallest absolute Gasteiger partial charge is 0.149 e. The molecule has 4 rings (SSSR count). The number of hydrogen-bond acceptors (Lipinski definition) is 3. The zero-order valence-corrected chi connectivity index (χ0v) is 12.2. The van der Waals surface area contributed by atoms with Crippen LogP contribution in [0, 0.1) is 11.3 Å². The minimum atomic E-state index is 0.485. The van der Waals surface area contributed by atoms with Crippen LogP contribution in [0.3, 0.4) is 0 Å². The van der Waals surface area contributed by atoms with Gasteiger partial charge in [-0.3, -0.25) is 4.98 Å². The lowest BCUT2D eigenvalue weighted by molar-refractivity contribution is 1.27. The SMILES string of the molecule is N#C/C(=C\c1cnc2ccccc2c1)c1nc2ccccc2[nH]1. The maximum absolute atomic E-state index is 9.48. The Morgan fingerprint density at radius 1 is 1.04 bits per heavy atom. The zero-order valence-electron chi connectivity index (χ0n) is 12.2. The van der Waals surface area contributed by atoms with Crippen molar-refractivity contribution in [3.8, 4) is 6.07 Å². The third-order valence-electron chi connectivity index (χ3n) is 3.69. The van der Waals surface area contributed by atoms with Gasteiger partial charge in [-0.25, -0.2) is 4.98 Å².